The van der Waals surface area contributed by atoms with Crippen molar-refractivity contribution in [2.45, 2.75) is 19.8 Å². The van der Waals surface area contributed by atoms with E-state index in [0.717, 1.165) is 5.82 Å². The summed E-state index contributed by atoms with van der Waals surface area (Å²) < 4.78 is 1.70. The van der Waals surface area contributed by atoms with Gasteiger partial charge in [0.2, 0.25) is 0 Å². The largest absolute Gasteiger partial charge is 0.507 e. The average molecular weight is 168 g/mol. The molecule has 0 aromatic carbocycles. The highest BCUT2D eigenvalue weighted by atomic mass is 16.4. The third-order valence-corrected chi connectivity index (χ3v) is 1.84. The Hall–Kier alpha value is -0.805. The summed E-state index contributed by atoms with van der Waals surface area (Å²) in [5, 5.41) is 17.8. The molecule has 0 amide bonds. The van der Waals surface area contributed by atoms with Crippen LogP contribution in [0.2, 0.25) is 0 Å². The number of rotatable bonds is 2. The normalized spacial score (nSPS) is 10.8. The van der Waals surface area contributed by atoms with Crippen LogP contribution in [0.1, 0.15) is 25.6 Å². The minimum Gasteiger partial charge on any atom is -0.422 e. The Kier molecular flexibility index (Phi) is 2.54. The van der Waals surface area contributed by atoms with Gasteiger partial charge in [0.05, 0.1) is 5.59 Å². The molecular formula is C7H13BN2O2. The Bertz CT molecular complexity index is 245. The van der Waals surface area contributed by atoms with E-state index in [-0.39, 0.29) is 0 Å². The van der Waals surface area contributed by atoms with Gasteiger partial charge in [-0.25, -0.2) is 4.98 Å². The van der Waals surface area contributed by atoms with Gasteiger partial charge in [0.15, 0.2) is 0 Å². The second kappa shape index (κ2) is 3.29. The van der Waals surface area contributed by atoms with E-state index in [9.17, 15) is 0 Å². The van der Waals surface area contributed by atoms with Crippen LogP contribution in [0.3, 0.4) is 0 Å². The van der Waals surface area contributed by atoms with Gasteiger partial charge in [0.1, 0.15) is 5.82 Å². The van der Waals surface area contributed by atoms with Crippen LogP contribution in [0.5, 0.6) is 0 Å². The van der Waals surface area contributed by atoms with Crippen LogP contribution >= 0.6 is 0 Å². The molecule has 0 unspecified atom stereocenters. The van der Waals surface area contributed by atoms with Crippen LogP contribution in [0.25, 0.3) is 0 Å². The lowest BCUT2D eigenvalue weighted by atomic mass is 9.87. The molecule has 1 aromatic heterocycles. The zero-order valence-corrected chi connectivity index (χ0v) is 7.52. The van der Waals surface area contributed by atoms with Gasteiger partial charge in [0, 0.05) is 19.2 Å². The van der Waals surface area contributed by atoms with Gasteiger partial charge in [-0.3, -0.25) is 0 Å². The van der Waals surface area contributed by atoms with Crippen LogP contribution in [0.4, 0.5) is 0 Å². The zero-order chi connectivity index (χ0) is 9.30. The number of aromatic nitrogens is 2. The second-order valence-electron chi connectivity index (χ2n) is 3.13. The second-order valence-corrected chi connectivity index (χ2v) is 3.13. The Balaban J connectivity index is 3.04. The van der Waals surface area contributed by atoms with E-state index in [1.54, 1.807) is 11.6 Å². The van der Waals surface area contributed by atoms with Crippen LogP contribution in [0, 0.1) is 0 Å². The number of hydrogen-bond donors (Lipinski definition) is 2. The zero-order valence-electron chi connectivity index (χ0n) is 7.52. The summed E-state index contributed by atoms with van der Waals surface area (Å²) in [6.07, 6.45) is 1.49. The van der Waals surface area contributed by atoms with Crippen LogP contribution in [-0.4, -0.2) is 26.7 Å². The molecular weight excluding hydrogens is 155 g/mol. The van der Waals surface area contributed by atoms with E-state index in [1.165, 1.54) is 6.20 Å². The molecule has 1 rings (SSSR count). The predicted octanol–water partition coefficient (Wildman–Crippen LogP) is -0.777. The highest BCUT2D eigenvalue weighted by molar-refractivity contribution is 6.57. The maximum absolute atomic E-state index is 8.89. The lowest BCUT2D eigenvalue weighted by Gasteiger charge is -2.06. The van der Waals surface area contributed by atoms with E-state index in [4.69, 9.17) is 10.0 Å². The van der Waals surface area contributed by atoms with Crippen molar-refractivity contribution in [3.05, 3.63) is 12.0 Å². The lowest BCUT2D eigenvalue weighted by molar-refractivity contribution is 0.422. The molecule has 2 N–H and O–H groups in total. The summed E-state index contributed by atoms with van der Waals surface area (Å²) in [5.74, 6) is 1.15. The van der Waals surface area contributed by atoms with Gasteiger partial charge in [-0.2, -0.15) is 0 Å². The number of imidazole rings is 1. The smallest absolute Gasteiger partial charge is 0.422 e. The minimum absolute atomic E-state index is 0.294. The Morgan fingerprint density at radius 2 is 2.08 bits per heavy atom. The van der Waals surface area contributed by atoms with E-state index in [0.29, 0.717) is 11.5 Å². The van der Waals surface area contributed by atoms with Gasteiger partial charge in [-0.15, -0.1) is 0 Å². The third kappa shape index (κ3) is 1.51. The summed E-state index contributed by atoms with van der Waals surface area (Å²) in [4.78, 5) is 4.08. The van der Waals surface area contributed by atoms with Crippen molar-refractivity contribution >= 4 is 12.7 Å². The molecule has 0 atom stereocenters. The first-order valence-electron chi connectivity index (χ1n) is 3.91. The molecule has 66 valence electrons. The van der Waals surface area contributed by atoms with Crippen molar-refractivity contribution in [2.75, 3.05) is 0 Å². The molecule has 4 nitrogen and oxygen atoms in total. The molecule has 0 bridgehead atoms. The first kappa shape index (κ1) is 9.28. The average Bonchev–Trinajstić information content (AvgIpc) is 2.30. The quantitative estimate of drug-likeness (QED) is 0.569. The highest BCUT2D eigenvalue weighted by Crippen LogP contribution is 2.08. The molecule has 0 fully saturated rings. The molecule has 0 saturated carbocycles. The Labute approximate surface area is 72.0 Å². The first-order chi connectivity index (χ1) is 5.54. The first-order valence-corrected chi connectivity index (χ1v) is 3.91. The molecule has 0 aliphatic rings. The molecule has 1 aromatic rings. The van der Waals surface area contributed by atoms with Gasteiger partial charge < -0.3 is 14.6 Å². The molecule has 5 heteroatoms. The van der Waals surface area contributed by atoms with Crippen LogP contribution in [-0.2, 0) is 7.05 Å². The summed E-state index contributed by atoms with van der Waals surface area (Å²) >= 11 is 0. The molecule has 12 heavy (non-hydrogen) atoms. The monoisotopic (exact) mass is 168 g/mol. The lowest BCUT2D eigenvalue weighted by Crippen LogP contribution is -2.35. The molecule has 0 spiro atoms. The van der Waals surface area contributed by atoms with Crippen molar-refractivity contribution in [1.82, 2.24) is 9.55 Å². The topological polar surface area (TPSA) is 58.3 Å². The molecule has 0 radical (unpaired) electrons. The van der Waals surface area contributed by atoms with Gasteiger partial charge >= 0.3 is 7.12 Å². The fraction of sp³-hybridized carbons (Fsp3) is 0.571. The Morgan fingerprint density at radius 1 is 1.50 bits per heavy atom. The fourth-order valence-corrected chi connectivity index (χ4v) is 1.21. The Morgan fingerprint density at radius 3 is 2.33 bits per heavy atom. The molecule has 1 heterocycles. The van der Waals surface area contributed by atoms with Gasteiger partial charge in [-0.05, 0) is 0 Å². The predicted molar refractivity (Wildman–Crippen MR) is 47.1 cm³/mol. The van der Waals surface area contributed by atoms with Crippen molar-refractivity contribution in [2.24, 2.45) is 7.05 Å². The van der Waals surface area contributed by atoms with Gasteiger partial charge in [0.25, 0.3) is 0 Å². The van der Waals surface area contributed by atoms with Crippen molar-refractivity contribution in [1.29, 1.82) is 0 Å². The van der Waals surface area contributed by atoms with Crippen LogP contribution in [0.15, 0.2) is 6.20 Å². The fourth-order valence-electron chi connectivity index (χ4n) is 1.21. The summed E-state index contributed by atoms with van der Waals surface area (Å²) in [6.45, 7) is 4.02. The van der Waals surface area contributed by atoms with E-state index < -0.39 is 7.12 Å². The standard InChI is InChI=1S/C7H13BN2O2/c1-5(2)7-9-4-6(8(11)12)10(7)3/h4-5,11-12H,1-3H3. The SMILES string of the molecule is CC(C)c1ncc(B(O)O)n1C. The van der Waals surface area contributed by atoms with E-state index in [2.05, 4.69) is 4.98 Å². The number of hydrogen-bond acceptors (Lipinski definition) is 3. The molecule has 0 aliphatic heterocycles. The number of nitrogens with zero attached hydrogens (tertiary/aromatic N) is 2. The summed E-state index contributed by atoms with van der Waals surface area (Å²) in [5.41, 5.74) is 0.429. The van der Waals surface area contributed by atoms with Crippen LogP contribution < -0.4 is 5.59 Å². The minimum atomic E-state index is -1.44. The maximum Gasteiger partial charge on any atom is 0.507 e. The van der Waals surface area contributed by atoms with E-state index >= 15 is 0 Å². The molecule has 0 aliphatic carbocycles. The maximum atomic E-state index is 8.89. The van der Waals surface area contributed by atoms with Crippen molar-refractivity contribution in [3.63, 3.8) is 0 Å². The highest BCUT2D eigenvalue weighted by Gasteiger charge is 2.18. The van der Waals surface area contributed by atoms with E-state index in [1.807, 2.05) is 13.8 Å². The van der Waals surface area contributed by atoms with Crippen molar-refractivity contribution < 1.29 is 10.0 Å². The third-order valence-electron chi connectivity index (χ3n) is 1.84. The summed E-state index contributed by atoms with van der Waals surface area (Å²) in [6, 6.07) is 0. The van der Waals surface area contributed by atoms with Crippen molar-refractivity contribution in [3.8, 4) is 0 Å². The molecule has 0 saturated heterocycles. The summed E-state index contributed by atoms with van der Waals surface area (Å²) in [7, 11) is 0.340. The van der Waals surface area contributed by atoms with Gasteiger partial charge in [-0.1, -0.05) is 13.8 Å².